The van der Waals surface area contributed by atoms with Gasteiger partial charge in [0.2, 0.25) is 0 Å². The lowest BCUT2D eigenvalue weighted by atomic mass is 10.1. The molecule has 0 radical (unpaired) electrons. The van der Waals surface area contributed by atoms with Crippen molar-refractivity contribution in [3.8, 4) is 16.9 Å². The molecule has 0 bridgehead atoms. The Morgan fingerprint density at radius 3 is 2.85 bits per heavy atom. The van der Waals surface area contributed by atoms with Crippen LogP contribution in [0.5, 0.6) is 5.75 Å². The van der Waals surface area contributed by atoms with Gasteiger partial charge >= 0.3 is 0 Å². The van der Waals surface area contributed by atoms with Crippen LogP contribution in [0.2, 0.25) is 0 Å². The quantitative estimate of drug-likeness (QED) is 0.310. The molecule has 0 unspecified atom stereocenters. The summed E-state index contributed by atoms with van der Waals surface area (Å²) in [7, 11) is 1.90. The average Bonchev–Trinajstić information content (AvgIpc) is 3.55. The van der Waals surface area contributed by atoms with Gasteiger partial charge < -0.3 is 20.9 Å². The number of aromatic nitrogens is 4. The first-order valence-electron chi connectivity index (χ1n) is 11.0. The minimum Gasteiger partial charge on any atom is -0.508 e. The van der Waals surface area contributed by atoms with Crippen molar-refractivity contribution in [3.05, 3.63) is 60.2 Å². The third kappa shape index (κ3) is 4.14. The fourth-order valence-corrected chi connectivity index (χ4v) is 4.14. The number of nitrogens with one attached hydrogen (secondary N) is 1. The Morgan fingerprint density at radius 1 is 1.24 bits per heavy atom. The van der Waals surface area contributed by atoms with E-state index in [4.69, 9.17) is 15.5 Å². The molecule has 1 fully saturated rings. The summed E-state index contributed by atoms with van der Waals surface area (Å²) >= 11 is 0. The molecule has 33 heavy (non-hydrogen) atoms. The van der Waals surface area contributed by atoms with Gasteiger partial charge in [-0.25, -0.2) is 9.51 Å². The molecule has 3 aromatic heterocycles. The van der Waals surface area contributed by atoms with Crippen LogP contribution in [0.1, 0.15) is 24.5 Å². The van der Waals surface area contributed by atoms with Crippen molar-refractivity contribution in [2.75, 3.05) is 18.5 Å². The normalized spacial score (nSPS) is 16.5. The summed E-state index contributed by atoms with van der Waals surface area (Å²) < 4.78 is 9.19. The number of hydrogen-bond donors (Lipinski definition) is 3. The van der Waals surface area contributed by atoms with Gasteiger partial charge in [0, 0.05) is 37.2 Å². The number of nitrogens with zero attached hydrogens (tertiary/aromatic N) is 5. The van der Waals surface area contributed by atoms with E-state index in [0.717, 1.165) is 58.6 Å². The van der Waals surface area contributed by atoms with Gasteiger partial charge in [0.25, 0.3) is 0 Å². The fraction of sp³-hybridized carbons (Fsp3) is 0.292. The molecule has 0 aliphatic carbocycles. The number of ether oxygens (including phenoxy) is 1. The Hall–Kier alpha value is -3.85. The van der Waals surface area contributed by atoms with Crippen LogP contribution in [-0.2, 0) is 18.2 Å². The molecule has 170 valence electrons. The van der Waals surface area contributed by atoms with E-state index in [0.29, 0.717) is 12.4 Å². The zero-order chi connectivity index (χ0) is 22.9. The Bertz CT molecular complexity index is 1330. The highest BCUT2D eigenvalue weighted by molar-refractivity contribution is 6.06. The van der Waals surface area contributed by atoms with E-state index in [1.165, 1.54) is 0 Å². The maximum atomic E-state index is 9.82. The van der Waals surface area contributed by atoms with Gasteiger partial charge in [-0.15, -0.1) is 0 Å². The number of nitrogens with two attached hydrogens (primary N) is 1. The van der Waals surface area contributed by atoms with Gasteiger partial charge in [0.05, 0.1) is 47.5 Å². The fourth-order valence-electron chi connectivity index (χ4n) is 4.14. The van der Waals surface area contributed by atoms with Crippen molar-refractivity contribution in [1.82, 2.24) is 19.4 Å². The number of anilines is 1. The summed E-state index contributed by atoms with van der Waals surface area (Å²) in [6.45, 7) is 3.39. The Labute approximate surface area is 191 Å². The lowest BCUT2D eigenvalue weighted by Gasteiger charge is -2.17. The molecule has 1 aliphatic rings. The largest absolute Gasteiger partial charge is 0.508 e. The van der Waals surface area contributed by atoms with Crippen LogP contribution in [0.25, 0.3) is 16.6 Å². The van der Waals surface area contributed by atoms with Crippen LogP contribution in [0, 0.1) is 0 Å². The number of aryl methyl sites for hydroxylation is 2. The standard InChI is InChI=1S/C24H27N7O2/c1-3-15-8-19(32)4-5-21(15)29-24(25)20-11-27-31-13-16(17-10-26-30(2)12-17)9-22(31)23(20)28-18-6-7-33-14-18/h4-5,8-13,18,28,32H,3,6-7,14H2,1-2H3,(H2,25,29)/t18-/m0/s1. The zero-order valence-corrected chi connectivity index (χ0v) is 18.7. The average molecular weight is 446 g/mol. The van der Waals surface area contributed by atoms with Crippen molar-refractivity contribution >= 4 is 22.7 Å². The summed E-state index contributed by atoms with van der Waals surface area (Å²) in [5, 5.41) is 22.3. The van der Waals surface area contributed by atoms with Crippen LogP contribution < -0.4 is 11.1 Å². The van der Waals surface area contributed by atoms with E-state index in [1.54, 1.807) is 29.1 Å². The van der Waals surface area contributed by atoms with Gasteiger partial charge in [-0.3, -0.25) is 4.68 Å². The maximum absolute atomic E-state index is 9.82. The third-order valence-corrected chi connectivity index (χ3v) is 5.91. The molecule has 0 saturated carbocycles. The van der Waals surface area contributed by atoms with Crippen LogP contribution in [0.4, 0.5) is 11.4 Å². The van der Waals surface area contributed by atoms with Crippen LogP contribution >= 0.6 is 0 Å². The summed E-state index contributed by atoms with van der Waals surface area (Å²) in [5.74, 6) is 0.572. The summed E-state index contributed by atoms with van der Waals surface area (Å²) in [5.41, 5.74) is 12.7. The zero-order valence-electron chi connectivity index (χ0n) is 18.7. The van der Waals surface area contributed by atoms with E-state index >= 15 is 0 Å². The van der Waals surface area contributed by atoms with E-state index in [1.807, 2.05) is 37.1 Å². The molecule has 4 aromatic rings. The predicted molar refractivity (Wildman–Crippen MR) is 128 cm³/mol. The van der Waals surface area contributed by atoms with Crippen molar-refractivity contribution < 1.29 is 9.84 Å². The van der Waals surface area contributed by atoms with E-state index < -0.39 is 0 Å². The van der Waals surface area contributed by atoms with Gasteiger partial charge in [-0.05, 0) is 42.7 Å². The molecule has 9 heteroatoms. The minimum absolute atomic E-state index is 0.180. The molecule has 1 aromatic carbocycles. The second-order valence-corrected chi connectivity index (χ2v) is 8.26. The highest BCUT2D eigenvalue weighted by Crippen LogP contribution is 2.31. The number of aliphatic imine (C=N–C) groups is 1. The summed E-state index contributed by atoms with van der Waals surface area (Å²) in [6, 6.07) is 7.38. The van der Waals surface area contributed by atoms with E-state index in [-0.39, 0.29) is 11.8 Å². The van der Waals surface area contributed by atoms with Gasteiger partial charge in [0.1, 0.15) is 11.6 Å². The molecule has 0 amide bonds. The van der Waals surface area contributed by atoms with Crippen molar-refractivity contribution in [2.45, 2.75) is 25.8 Å². The molecule has 4 N–H and O–H groups in total. The first-order chi connectivity index (χ1) is 16.0. The van der Waals surface area contributed by atoms with Crippen molar-refractivity contribution in [1.29, 1.82) is 0 Å². The topological polar surface area (TPSA) is 115 Å². The first kappa shape index (κ1) is 21.0. The lowest BCUT2D eigenvalue weighted by Crippen LogP contribution is -2.24. The molecular weight excluding hydrogens is 418 g/mol. The van der Waals surface area contributed by atoms with Crippen molar-refractivity contribution in [2.24, 2.45) is 17.8 Å². The number of rotatable bonds is 6. The predicted octanol–water partition coefficient (Wildman–Crippen LogP) is 3.24. The molecule has 1 atom stereocenters. The molecular formula is C24H27N7O2. The van der Waals surface area contributed by atoms with Gasteiger partial charge in [-0.2, -0.15) is 10.2 Å². The Balaban J connectivity index is 1.62. The first-order valence-corrected chi connectivity index (χ1v) is 11.0. The number of amidine groups is 1. The van der Waals surface area contributed by atoms with Gasteiger partial charge in [-0.1, -0.05) is 6.92 Å². The SMILES string of the molecule is CCc1cc(O)ccc1/N=C(\N)c1cnn2cc(-c3cnn(C)c3)cc2c1N[C@H]1CCOC1. The third-order valence-electron chi connectivity index (χ3n) is 5.91. The highest BCUT2D eigenvalue weighted by Gasteiger charge is 2.21. The van der Waals surface area contributed by atoms with Gasteiger partial charge in [0.15, 0.2) is 0 Å². The molecule has 4 heterocycles. The number of hydrogen-bond acceptors (Lipinski definition) is 6. The second kappa shape index (κ2) is 8.59. The highest BCUT2D eigenvalue weighted by atomic mass is 16.5. The second-order valence-electron chi connectivity index (χ2n) is 8.26. The van der Waals surface area contributed by atoms with Crippen LogP contribution in [-0.4, -0.2) is 49.6 Å². The Morgan fingerprint density at radius 2 is 2.12 bits per heavy atom. The number of fused-ring (bicyclic) bond motifs is 1. The molecule has 0 spiro atoms. The number of benzene rings is 1. The minimum atomic E-state index is 0.180. The van der Waals surface area contributed by atoms with Crippen LogP contribution in [0.3, 0.4) is 0 Å². The number of phenolic OH excluding ortho intramolecular Hbond substituents is 1. The monoisotopic (exact) mass is 445 g/mol. The molecule has 5 rings (SSSR count). The lowest BCUT2D eigenvalue weighted by molar-refractivity contribution is 0.195. The smallest absolute Gasteiger partial charge is 0.135 e. The van der Waals surface area contributed by atoms with E-state index in [2.05, 4.69) is 21.6 Å². The molecule has 1 saturated heterocycles. The van der Waals surface area contributed by atoms with Crippen molar-refractivity contribution in [3.63, 3.8) is 0 Å². The number of phenols is 1. The number of aromatic hydroxyl groups is 1. The van der Waals surface area contributed by atoms with Crippen LogP contribution in [0.15, 0.2) is 54.0 Å². The Kier molecular flexibility index (Phi) is 5.47. The summed E-state index contributed by atoms with van der Waals surface area (Å²) in [4.78, 5) is 4.70. The maximum Gasteiger partial charge on any atom is 0.135 e. The summed E-state index contributed by atoms with van der Waals surface area (Å²) in [6.07, 6.45) is 9.17. The molecule has 9 nitrogen and oxygen atoms in total. The van der Waals surface area contributed by atoms with E-state index in [9.17, 15) is 5.11 Å². The molecule has 1 aliphatic heterocycles.